The number of fused-ring (bicyclic) bond motifs is 1. The molecule has 2 fully saturated rings. The molecule has 1 aliphatic carbocycles. The SMILES string of the molecule is Cc1ncc([C@@H]2C[C@@H]3CO[Si](C(C)C)(C(C)C)O[Si](C(C)C)(C(C)C)O[C@H]3[C@@]2(C)F)c(C)n1. The first-order valence-corrected chi connectivity index (χ1v) is 16.6. The zero-order valence-corrected chi connectivity index (χ0v) is 24.5. The molecule has 3 rings (SSSR count). The van der Waals surface area contributed by atoms with E-state index in [0.29, 0.717) is 18.9 Å². The molecular formula is C25H45FN2O3Si2. The molecule has 8 heteroatoms. The van der Waals surface area contributed by atoms with Gasteiger partial charge in [-0.15, -0.1) is 0 Å². The van der Waals surface area contributed by atoms with Crippen molar-refractivity contribution in [2.75, 3.05) is 6.61 Å². The van der Waals surface area contributed by atoms with Crippen LogP contribution in [0, 0.1) is 19.8 Å². The van der Waals surface area contributed by atoms with Crippen LogP contribution < -0.4 is 0 Å². The van der Waals surface area contributed by atoms with Gasteiger partial charge in [-0.25, -0.2) is 14.4 Å². The fraction of sp³-hybridized carbons (Fsp3) is 0.840. The molecule has 0 radical (unpaired) electrons. The van der Waals surface area contributed by atoms with E-state index in [0.717, 1.165) is 11.3 Å². The van der Waals surface area contributed by atoms with E-state index in [4.69, 9.17) is 13.0 Å². The van der Waals surface area contributed by atoms with Crippen molar-refractivity contribution < 1.29 is 17.4 Å². The summed E-state index contributed by atoms with van der Waals surface area (Å²) in [5, 5.41) is 0. The predicted molar refractivity (Wildman–Crippen MR) is 136 cm³/mol. The second-order valence-corrected chi connectivity index (χ2v) is 20.5. The second-order valence-electron chi connectivity index (χ2n) is 11.7. The zero-order chi connectivity index (χ0) is 24.9. The van der Waals surface area contributed by atoms with E-state index in [1.165, 1.54) is 0 Å². The van der Waals surface area contributed by atoms with Crippen molar-refractivity contribution in [3.63, 3.8) is 0 Å². The molecule has 188 valence electrons. The molecule has 1 aromatic rings. The summed E-state index contributed by atoms with van der Waals surface area (Å²) in [5.74, 6) is 0.364. The van der Waals surface area contributed by atoms with E-state index >= 15 is 4.39 Å². The number of rotatable bonds is 5. The molecule has 0 unspecified atom stereocenters. The molecule has 2 aliphatic rings. The normalized spacial score (nSPS) is 31.8. The number of nitrogens with zero attached hydrogens (tertiary/aromatic N) is 2. The third-order valence-corrected chi connectivity index (χ3v) is 18.3. The number of alkyl halides is 1. The average molecular weight is 497 g/mol. The van der Waals surface area contributed by atoms with Gasteiger partial charge < -0.3 is 13.0 Å². The van der Waals surface area contributed by atoms with Gasteiger partial charge in [-0.2, -0.15) is 0 Å². The molecule has 2 heterocycles. The third kappa shape index (κ3) is 4.50. The monoisotopic (exact) mass is 496 g/mol. The average Bonchev–Trinajstić information content (AvgIpc) is 2.90. The van der Waals surface area contributed by atoms with Gasteiger partial charge in [-0.1, -0.05) is 55.4 Å². The lowest BCUT2D eigenvalue weighted by Gasteiger charge is -2.52. The van der Waals surface area contributed by atoms with Crippen molar-refractivity contribution in [3.05, 3.63) is 23.3 Å². The minimum atomic E-state index is -2.84. The van der Waals surface area contributed by atoms with Crippen LogP contribution in [0.15, 0.2) is 6.20 Å². The van der Waals surface area contributed by atoms with Crippen LogP contribution in [-0.4, -0.2) is 45.5 Å². The van der Waals surface area contributed by atoms with E-state index in [1.807, 2.05) is 20.0 Å². The Bertz CT molecular complexity index is 831. The Morgan fingerprint density at radius 1 is 0.970 bits per heavy atom. The molecule has 4 atom stereocenters. The van der Waals surface area contributed by atoms with E-state index in [-0.39, 0.29) is 34.0 Å². The van der Waals surface area contributed by atoms with Crippen LogP contribution in [0.4, 0.5) is 4.39 Å². The minimum Gasteiger partial charge on any atom is -0.414 e. The Hall–Kier alpha value is -0.676. The molecule has 1 saturated carbocycles. The van der Waals surface area contributed by atoms with Gasteiger partial charge in [0.2, 0.25) is 0 Å². The summed E-state index contributed by atoms with van der Waals surface area (Å²) < 4.78 is 38.0. The van der Waals surface area contributed by atoms with Gasteiger partial charge in [0.05, 0.1) is 6.10 Å². The molecule has 1 saturated heterocycles. The van der Waals surface area contributed by atoms with Gasteiger partial charge in [-0.05, 0) is 54.9 Å². The van der Waals surface area contributed by atoms with Gasteiger partial charge in [0.25, 0.3) is 0 Å². The Balaban J connectivity index is 2.12. The van der Waals surface area contributed by atoms with E-state index in [9.17, 15) is 0 Å². The Kier molecular flexibility index (Phi) is 7.68. The highest BCUT2D eigenvalue weighted by Crippen LogP contribution is 2.55. The van der Waals surface area contributed by atoms with Crippen molar-refractivity contribution in [3.8, 4) is 0 Å². The van der Waals surface area contributed by atoms with Crippen LogP contribution in [0.2, 0.25) is 22.2 Å². The Labute approximate surface area is 202 Å². The summed E-state index contributed by atoms with van der Waals surface area (Å²) >= 11 is 0. The first kappa shape index (κ1) is 26.9. The Morgan fingerprint density at radius 2 is 1.52 bits per heavy atom. The van der Waals surface area contributed by atoms with Crippen LogP contribution >= 0.6 is 0 Å². The molecule has 0 amide bonds. The first-order valence-electron chi connectivity index (χ1n) is 12.7. The number of aryl methyl sites for hydroxylation is 2. The summed E-state index contributed by atoms with van der Waals surface area (Å²) in [7, 11) is -5.46. The molecule has 1 aliphatic heterocycles. The maximum atomic E-state index is 16.8. The first-order chi connectivity index (χ1) is 15.2. The number of aromatic nitrogens is 2. The minimum absolute atomic E-state index is 0.0247. The lowest BCUT2D eigenvalue weighted by molar-refractivity contribution is -0.0326. The zero-order valence-electron chi connectivity index (χ0n) is 22.5. The molecule has 0 bridgehead atoms. The quantitative estimate of drug-likeness (QED) is 0.416. The molecule has 0 spiro atoms. The highest BCUT2D eigenvalue weighted by atomic mass is 28.5. The maximum Gasteiger partial charge on any atom is 0.335 e. The van der Waals surface area contributed by atoms with Crippen molar-refractivity contribution in [2.45, 2.75) is 122 Å². The third-order valence-electron chi connectivity index (χ3n) is 8.09. The lowest BCUT2D eigenvalue weighted by Crippen LogP contribution is -2.65. The predicted octanol–water partition coefficient (Wildman–Crippen LogP) is 6.88. The fourth-order valence-electron chi connectivity index (χ4n) is 6.20. The van der Waals surface area contributed by atoms with Gasteiger partial charge in [0.15, 0.2) is 0 Å². The van der Waals surface area contributed by atoms with Crippen LogP contribution in [0.25, 0.3) is 0 Å². The van der Waals surface area contributed by atoms with Crippen molar-refractivity contribution in [1.29, 1.82) is 0 Å². The van der Waals surface area contributed by atoms with Gasteiger partial charge in [0.1, 0.15) is 11.5 Å². The number of halogens is 1. The topological polar surface area (TPSA) is 53.5 Å². The molecule has 0 aromatic carbocycles. The van der Waals surface area contributed by atoms with Crippen molar-refractivity contribution >= 4 is 17.1 Å². The van der Waals surface area contributed by atoms with Gasteiger partial charge >= 0.3 is 17.1 Å². The Morgan fingerprint density at radius 3 is 2.00 bits per heavy atom. The smallest absolute Gasteiger partial charge is 0.335 e. The molecule has 0 N–H and O–H groups in total. The van der Waals surface area contributed by atoms with Crippen LogP contribution in [-0.2, 0) is 13.0 Å². The number of hydrogen-bond acceptors (Lipinski definition) is 5. The molecule has 33 heavy (non-hydrogen) atoms. The number of hydrogen-bond donors (Lipinski definition) is 0. The van der Waals surface area contributed by atoms with Crippen molar-refractivity contribution in [1.82, 2.24) is 9.97 Å². The van der Waals surface area contributed by atoms with E-state index < -0.39 is 28.9 Å². The van der Waals surface area contributed by atoms with Crippen LogP contribution in [0.5, 0.6) is 0 Å². The highest BCUT2D eigenvalue weighted by Gasteiger charge is 2.64. The van der Waals surface area contributed by atoms with Crippen molar-refractivity contribution in [2.24, 2.45) is 5.92 Å². The summed E-state index contributed by atoms with van der Waals surface area (Å²) in [4.78, 5) is 8.93. The van der Waals surface area contributed by atoms with E-state index in [2.05, 4.69) is 65.4 Å². The summed E-state index contributed by atoms with van der Waals surface area (Å²) in [5.41, 5.74) is 1.12. The molecular weight excluding hydrogens is 451 g/mol. The summed E-state index contributed by atoms with van der Waals surface area (Å²) in [6.45, 7) is 23.6. The van der Waals surface area contributed by atoms with Crippen LogP contribution in [0.1, 0.15) is 91.7 Å². The van der Waals surface area contributed by atoms with Crippen LogP contribution in [0.3, 0.4) is 0 Å². The van der Waals surface area contributed by atoms with Gasteiger partial charge in [-0.3, -0.25) is 0 Å². The largest absolute Gasteiger partial charge is 0.414 e. The summed E-state index contributed by atoms with van der Waals surface area (Å²) in [6, 6.07) is 0. The molecule has 5 nitrogen and oxygen atoms in total. The molecule has 1 aromatic heterocycles. The highest BCUT2D eigenvalue weighted by molar-refractivity contribution is 6.83. The van der Waals surface area contributed by atoms with E-state index in [1.54, 1.807) is 6.92 Å². The fourth-order valence-corrected chi connectivity index (χ4v) is 17.6. The second kappa shape index (κ2) is 9.41. The maximum absolute atomic E-state index is 16.8. The summed E-state index contributed by atoms with van der Waals surface area (Å²) in [6.07, 6.45) is 1.92. The van der Waals surface area contributed by atoms with Gasteiger partial charge in [0, 0.05) is 30.3 Å². The lowest BCUT2D eigenvalue weighted by atomic mass is 9.87. The standard InChI is InChI=1S/C25H45FN2O3Si2/c1-15(2)32(16(3)4)29-14-21-12-23(22-13-27-20(10)28-19(22)9)25(11,26)24(21)30-33(31-32,17(5)6)18(7)8/h13,15-18,21,23-24H,12,14H2,1-11H3/t21-,23+,24-,25+/m1/s1.